The summed E-state index contributed by atoms with van der Waals surface area (Å²) in [4.78, 5) is 12.3. The molecule has 0 heterocycles. The van der Waals surface area contributed by atoms with Crippen molar-refractivity contribution >= 4 is 29.0 Å². The Labute approximate surface area is 186 Å². The smallest absolute Gasteiger partial charge is 0.248 e. The minimum atomic E-state index is -0.224. The van der Waals surface area contributed by atoms with Crippen LogP contribution in [-0.4, -0.2) is 5.91 Å². The Morgan fingerprint density at radius 3 is 2.03 bits per heavy atom. The van der Waals surface area contributed by atoms with Gasteiger partial charge < -0.3 is 10.1 Å². The zero-order chi connectivity index (χ0) is 22.0. The number of anilines is 1. The Kier molecular flexibility index (Phi) is 6.81. The summed E-state index contributed by atoms with van der Waals surface area (Å²) in [5, 5.41) is 11.2. The summed E-state index contributed by atoms with van der Waals surface area (Å²) in [5.41, 5.74) is 3.04. The SMILES string of the molecule is O=C(/C=C/c1cccc(Oc2ccccc2)c1)Nc1ccc(N=Nc2ccccc2)cc1. The first kappa shape index (κ1) is 20.8. The van der Waals surface area contributed by atoms with Gasteiger partial charge in [-0.15, -0.1) is 0 Å². The van der Waals surface area contributed by atoms with Crippen molar-refractivity contribution in [2.45, 2.75) is 0 Å². The summed E-state index contributed by atoms with van der Waals surface area (Å²) in [6.45, 7) is 0. The third-order valence-electron chi connectivity index (χ3n) is 4.44. The van der Waals surface area contributed by atoms with Crippen LogP contribution >= 0.6 is 0 Å². The standard InChI is InChI=1S/C27H21N3O2/c31-27(19-14-21-8-7-13-26(20-21)32-25-11-5-2-6-12-25)28-22-15-17-24(18-16-22)30-29-23-9-3-1-4-10-23/h1-20H,(H,28,31)/b19-14+,30-29?. The maximum Gasteiger partial charge on any atom is 0.248 e. The van der Waals surface area contributed by atoms with Crippen LogP contribution in [0.1, 0.15) is 5.56 Å². The molecule has 0 aliphatic carbocycles. The van der Waals surface area contributed by atoms with Crippen LogP contribution in [0.5, 0.6) is 11.5 Å². The molecule has 0 spiro atoms. The fourth-order valence-electron chi connectivity index (χ4n) is 2.88. The first-order chi connectivity index (χ1) is 15.7. The molecule has 0 atom stereocenters. The fourth-order valence-corrected chi connectivity index (χ4v) is 2.88. The van der Waals surface area contributed by atoms with Crippen LogP contribution < -0.4 is 10.1 Å². The molecule has 156 valence electrons. The summed E-state index contributed by atoms with van der Waals surface area (Å²) in [6.07, 6.45) is 3.24. The molecule has 1 N–H and O–H groups in total. The Balaban J connectivity index is 1.33. The molecule has 0 unspecified atom stereocenters. The second-order valence-electron chi connectivity index (χ2n) is 6.89. The van der Waals surface area contributed by atoms with Gasteiger partial charge in [-0.05, 0) is 72.3 Å². The van der Waals surface area contributed by atoms with E-state index in [2.05, 4.69) is 15.5 Å². The topological polar surface area (TPSA) is 63.0 Å². The van der Waals surface area contributed by atoms with E-state index < -0.39 is 0 Å². The number of nitrogens with one attached hydrogen (secondary N) is 1. The number of ether oxygens (including phenoxy) is 1. The monoisotopic (exact) mass is 419 g/mol. The Bertz CT molecular complexity index is 1220. The average molecular weight is 419 g/mol. The predicted octanol–water partition coefficient (Wildman–Crippen LogP) is 7.55. The number of hydrogen-bond donors (Lipinski definition) is 1. The number of carbonyl (C=O) groups excluding carboxylic acids is 1. The average Bonchev–Trinajstić information content (AvgIpc) is 2.84. The molecule has 0 aromatic heterocycles. The molecular formula is C27H21N3O2. The van der Waals surface area contributed by atoms with Gasteiger partial charge in [0.15, 0.2) is 0 Å². The van der Waals surface area contributed by atoms with Crippen molar-refractivity contribution in [2.24, 2.45) is 10.2 Å². The van der Waals surface area contributed by atoms with Crippen LogP contribution in [0.2, 0.25) is 0 Å². The molecular weight excluding hydrogens is 398 g/mol. The second kappa shape index (κ2) is 10.5. The van der Waals surface area contributed by atoms with Gasteiger partial charge in [0.05, 0.1) is 11.4 Å². The lowest BCUT2D eigenvalue weighted by molar-refractivity contribution is -0.111. The number of azo groups is 1. The molecule has 0 radical (unpaired) electrons. The molecule has 4 aromatic rings. The lowest BCUT2D eigenvalue weighted by Crippen LogP contribution is -2.07. The maximum absolute atomic E-state index is 12.3. The molecule has 32 heavy (non-hydrogen) atoms. The van der Waals surface area contributed by atoms with E-state index in [9.17, 15) is 4.79 Å². The molecule has 4 rings (SSSR count). The van der Waals surface area contributed by atoms with Gasteiger partial charge in [-0.1, -0.05) is 48.5 Å². The number of carbonyl (C=O) groups is 1. The zero-order valence-corrected chi connectivity index (χ0v) is 17.3. The van der Waals surface area contributed by atoms with Gasteiger partial charge in [-0.2, -0.15) is 10.2 Å². The van der Waals surface area contributed by atoms with E-state index in [0.29, 0.717) is 17.1 Å². The highest BCUT2D eigenvalue weighted by Gasteiger charge is 2.00. The normalized spacial score (nSPS) is 11.0. The Hall–Kier alpha value is -4.51. The summed E-state index contributed by atoms with van der Waals surface area (Å²) >= 11 is 0. The first-order valence-electron chi connectivity index (χ1n) is 10.1. The molecule has 5 nitrogen and oxygen atoms in total. The van der Waals surface area contributed by atoms with Crippen LogP contribution in [-0.2, 0) is 4.79 Å². The van der Waals surface area contributed by atoms with Gasteiger partial charge in [0.1, 0.15) is 11.5 Å². The van der Waals surface area contributed by atoms with Crippen molar-refractivity contribution in [3.05, 3.63) is 121 Å². The van der Waals surface area contributed by atoms with Crippen molar-refractivity contribution in [1.82, 2.24) is 0 Å². The van der Waals surface area contributed by atoms with Crippen molar-refractivity contribution in [1.29, 1.82) is 0 Å². The Morgan fingerprint density at radius 2 is 1.31 bits per heavy atom. The molecule has 5 heteroatoms. The summed E-state index contributed by atoms with van der Waals surface area (Å²) < 4.78 is 5.83. The first-order valence-corrected chi connectivity index (χ1v) is 10.1. The predicted molar refractivity (Wildman–Crippen MR) is 128 cm³/mol. The summed E-state index contributed by atoms with van der Waals surface area (Å²) in [6, 6.07) is 33.8. The van der Waals surface area contributed by atoms with Crippen molar-refractivity contribution in [3.63, 3.8) is 0 Å². The zero-order valence-electron chi connectivity index (χ0n) is 17.3. The largest absolute Gasteiger partial charge is 0.457 e. The van der Waals surface area contributed by atoms with Crippen LogP contribution in [0.25, 0.3) is 6.08 Å². The number of benzene rings is 4. The van der Waals surface area contributed by atoms with E-state index in [1.165, 1.54) is 6.08 Å². The van der Waals surface area contributed by atoms with Gasteiger partial charge in [0.2, 0.25) is 5.91 Å². The lowest BCUT2D eigenvalue weighted by atomic mass is 10.2. The number of amides is 1. The van der Waals surface area contributed by atoms with Gasteiger partial charge in [-0.25, -0.2) is 0 Å². The highest BCUT2D eigenvalue weighted by Crippen LogP contribution is 2.23. The molecule has 0 saturated heterocycles. The van der Waals surface area contributed by atoms with E-state index in [1.807, 2.05) is 84.9 Å². The van der Waals surface area contributed by atoms with Gasteiger partial charge in [0.25, 0.3) is 0 Å². The lowest BCUT2D eigenvalue weighted by Gasteiger charge is -2.06. The molecule has 0 saturated carbocycles. The number of rotatable bonds is 7. The minimum Gasteiger partial charge on any atom is -0.457 e. The van der Waals surface area contributed by atoms with E-state index in [1.54, 1.807) is 30.3 Å². The van der Waals surface area contributed by atoms with Crippen molar-refractivity contribution in [2.75, 3.05) is 5.32 Å². The Morgan fingerprint density at radius 1 is 0.688 bits per heavy atom. The van der Waals surface area contributed by atoms with Crippen LogP contribution in [0.15, 0.2) is 125 Å². The molecule has 1 amide bonds. The molecule has 0 fully saturated rings. The highest BCUT2D eigenvalue weighted by molar-refractivity contribution is 6.02. The quantitative estimate of drug-likeness (QED) is 0.248. The number of hydrogen-bond acceptors (Lipinski definition) is 4. The van der Waals surface area contributed by atoms with Crippen molar-refractivity contribution < 1.29 is 9.53 Å². The van der Waals surface area contributed by atoms with Gasteiger partial charge >= 0.3 is 0 Å². The van der Waals surface area contributed by atoms with Crippen molar-refractivity contribution in [3.8, 4) is 11.5 Å². The van der Waals surface area contributed by atoms with Gasteiger partial charge in [-0.3, -0.25) is 4.79 Å². The molecule has 0 bridgehead atoms. The number of nitrogens with zero attached hydrogens (tertiary/aromatic N) is 2. The fraction of sp³-hybridized carbons (Fsp3) is 0. The maximum atomic E-state index is 12.3. The minimum absolute atomic E-state index is 0.224. The van der Waals surface area contributed by atoms with Gasteiger partial charge in [0, 0.05) is 11.8 Å². The van der Waals surface area contributed by atoms with E-state index in [-0.39, 0.29) is 5.91 Å². The third-order valence-corrected chi connectivity index (χ3v) is 4.44. The highest BCUT2D eigenvalue weighted by atomic mass is 16.5. The molecule has 4 aromatic carbocycles. The van der Waals surface area contributed by atoms with Crippen LogP contribution in [0.3, 0.4) is 0 Å². The van der Waals surface area contributed by atoms with Crippen LogP contribution in [0, 0.1) is 0 Å². The summed E-state index contributed by atoms with van der Waals surface area (Å²) in [5.74, 6) is 1.25. The molecule has 0 aliphatic rings. The van der Waals surface area contributed by atoms with E-state index in [0.717, 1.165) is 17.0 Å². The van der Waals surface area contributed by atoms with Crippen LogP contribution in [0.4, 0.5) is 17.1 Å². The van der Waals surface area contributed by atoms with E-state index >= 15 is 0 Å². The number of para-hydroxylation sites is 1. The summed E-state index contributed by atoms with van der Waals surface area (Å²) in [7, 11) is 0. The third kappa shape index (κ3) is 6.24. The second-order valence-corrected chi connectivity index (χ2v) is 6.89. The van der Waals surface area contributed by atoms with E-state index in [4.69, 9.17) is 4.74 Å². The molecule has 0 aliphatic heterocycles.